The average molecular weight is 469 g/mol. The lowest BCUT2D eigenvalue weighted by Crippen LogP contribution is -2.51. The molecular weight excluding hydrogens is 444 g/mol. The third kappa shape index (κ3) is 4.32. The fourth-order valence-electron chi connectivity index (χ4n) is 4.43. The van der Waals surface area contributed by atoms with Gasteiger partial charge in [-0.25, -0.2) is 4.79 Å². The Kier molecular flexibility index (Phi) is 6.25. The van der Waals surface area contributed by atoms with Crippen molar-refractivity contribution in [3.8, 4) is 17.2 Å². The van der Waals surface area contributed by atoms with Gasteiger partial charge >= 0.3 is 5.97 Å². The van der Waals surface area contributed by atoms with Gasteiger partial charge in [-0.3, -0.25) is 14.9 Å². The first-order valence-electron chi connectivity index (χ1n) is 10.6. The summed E-state index contributed by atoms with van der Waals surface area (Å²) in [5.41, 5.74) is 2.64. The number of carbonyl (C=O) groups is 2. The van der Waals surface area contributed by atoms with E-state index in [0.717, 1.165) is 11.1 Å². The monoisotopic (exact) mass is 469 g/mol. The maximum absolute atomic E-state index is 13.4. The Balaban J connectivity index is 1.72. The Hall–Kier alpha value is -3.92. The number of allylic oxidation sites excluding steroid dienone is 1. The first-order chi connectivity index (χ1) is 16.3. The lowest BCUT2D eigenvalue weighted by Gasteiger charge is -2.38. The van der Waals surface area contributed by atoms with Crippen molar-refractivity contribution in [3.63, 3.8) is 0 Å². The van der Waals surface area contributed by atoms with E-state index in [0.29, 0.717) is 52.4 Å². The Morgan fingerprint density at radius 1 is 1.15 bits per heavy atom. The molecular formula is C24H25N2O8+. The van der Waals surface area contributed by atoms with Crippen molar-refractivity contribution >= 4 is 23.5 Å². The number of nitro groups is 1. The first kappa shape index (κ1) is 23.2. The SMILES string of the molecule is COC(=O)C[N+]1(C)CCc2c(c(OC)c3c(c2C(=O)/C=C/c2ccc([N+](=O)[O-])cc2)OCO3)C1. The molecule has 0 amide bonds. The summed E-state index contributed by atoms with van der Waals surface area (Å²) in [4.78, 5) is 35.7. The molecule has 0 saturated heterocycles. The summed E-state index contributed by atoms with van der Waals surface area (Å²) < 4.78 is 22.3. The van der Waals surface area contributed by atoms with E-state index in [4.69, 9.17) is 18.9 Å². The molecule has 2 heterocycles. The van der Waals surface area contributed by atoms with Crippen LogP contribution in [0.3, 0.4) is 0 Å². The molecule has 0 bridgehead atoms. The fraction of sp³-hybridized carbons (Fsp3) is 0.333. The summed E-state index contributed by atoms with van der Waals surface area (Å²) >= 11 is 0. The number of esters is 1. The molecule has 0 radical (unpaired) electrons. The Morgan fingerprint density at radius 3 is 2.50 bits per heavy atom. The number of non-ortho nitro benzene ring substituents is 1. The minimum atomic E-state index is -0.477. The second-order valence-electron chi connectivity index (χ2n) is 8.46. The van der Waals surface area contributed by atoms with Gasteiger partial charge in [0, 0.05) is 18.6 Å². The highest BCUT2D eigenvalue weighted by atomic mass is 16.7. The zero-order chi connectivity index (χ0) is 24.5. The highest BCUT2D eigenvalue weighted by Gasteiger charge is 2.40. The van der Waals surface area contributed by atoms with Gasteiger partial charge in [0.1, 0.15) is 6.54 Å². The molecule has 1 atom stereocenters. The Labute approximate surface area is 196 Å². The highest BCUT2D eigenvalue weighted by molar-refractivity contribution is 6.11. The molecule has 0 saturated carbocycles. The number of likely N-dealkylation sites (N-methyl/N-ethyl adjacent to an activating group) is 1. The number of fused-ring (bicyclic) bond motifs is 2. The summed E-state index contributed by atoms with van der Waals surface area (Å²) in [5, 5.41) is 10.9. The quantitative estimate of drug-likeness (QED) is 0.152. The van der Waals surface area contributed by atoms with Crippen LogP contribution >= 0.6 is 0 Å². The van der Waals surface area contributed by atoms with E-state index < -0.39 is 4.92 Å². The number of rotatable bonds is 7. The van der Waals surface area contributed by atoms with Gasteiger partial charge in [0.25, 0.3) is 5.69 Å². The molecule has 4 rings (SSSR count). The van der Waals surface area contributed by atoms with Crippen molar-refractivity contribution in [1.29, 1.82) is 0 Å². The van der Waals surface area contributed by atoms with Crippen LogP contribution in [0.2, 0.25) is 0 Å². The predicted octanol–water partition coefficient (Wildman–Crippen LogP) is 2.90. The number of nitro benzene ring substituents is 1. The first-order valence-corrected chi connectivity index (χ1v) is 10.6. The number of ketones is 1. The lowest BCUT2D eigenvalue weighted by atomic mass is 9.89. The molecule has 10 heteroatoms. The van der Waals surface area contributed by atoms with E-state index in [1.54, 1.807) is 18.2 Å². The molecule has 0 N–H and O–H groups in total. The number of hydrogen-bond acceptors (Lipinski definition) is 8. The Bertz CT molecular complexity index is 1190. The molecule has 1 unspecified atom stereocenters. The van der Waals surface area contributed by atoms with E-state index in [1.807, 2.05) is 7.05 Å². The summed E-state index contributed by atoms with van der Waals surface area (Å²) in [6, 6.07) is 5.92. The van der Waals surface area contributed by atoms with Crippen molar-refractivity contribution in [1.82, 2.24) is 0 Å². The van der Waals surface area contributed by atoms with Crippen molar-refractivity contribution in [2.24, 2.45) is 0 Å². The van der Waals surface area contributed by atoms with E-state index in [9.17, 15) is 19.7 Å². The summed E-state index contributed by atoms with van der Waals surface area (Å²) in [7, 11) is 4.85. The van der Waals surface area contributed by atoms with Crippen molar-refractivity contribution < 1.29 is 37.9 Å². The summed E-state index contributed by atoms with van der Waals surface area (Å²) in [6.07, 6.45) is 3.55. The van der Waals surface area contributed by atoms with E-state index in [-0.39, 0.29) is 30.8 Å². The van der Waals surface area contributed by atoms with Gasteiger partial charge in [0.05, 0.1) is 43.9 Å². The molecule has 10 nitrogen and oxygen atoms in total. The van der Waals surface area contributed by atoms with Crippen molar-refractivity contribution in [3.05, 3.63) is 62.7 Å². The molecule has 2 aliphatic heterocycles. The minimum absolute atomic E-state index is 0.0239. The zero-order valence-corrected chi connectivity index (χ0v) is 19.2. The highest BCUT2D eigenvalue weighted by Crippen LogP contribution is 2.50. The summed E-state index contributed by atoms with van der Waals surface area (Å²) in [6.45, 7) is 1.24. The number of nitrogens with zero attached hydrogens (tertiary/aromatic N) is 2. The molecule has 2 aromatic rings. The normalized spacial score (nSPS) is 18.4. The van der Waals surface area contributed by atoms with Gasteiger partial charge < -0.3 is 23.4 Å². The van der Waals surface area contributed by atoms with Crippen LogP contribution in [0.4, 0.5) is 5.69 Å². The minimum Gasteiger partial charge on any atom is -0.492 e. The van der Waals surface area contributed by atoms with E-state index in [1.165, 1.54) is 32.4 Å². The zero-order valence-electron chi connectivity index (χ0n) is 19.2. The third-order valence-electron chi connectivity index (χ3n) is 6.15. The molecule has 178 valence electrons. The van der Waals surface area contributed by atoms with Crippen LogP contribution in [0, 0.1) is 10.1 Å². The lowest BCUT2D eigenvalue weighted by molar-refractivity contribution is -0.917. The standard InChI is InChI=1S/C24H25N2O8/c1-26(13-20(28)31-2)11-10-17-18(12-26)22(32-3)24-23(33-14-34-24)21(17)19(27)9-6-15-4-7-16(8-5-15)25(29)30/h4-9H,10-14H2,1-3H3/q+1/b9-6+. The molecule has 0 spiro atoms. The molecule has 2 aromatic carbocycles. The summed E-state index contributed by atoms with van der Waals surface area (Å²) in [5.74, 6) is 0.640. The van der Waals surface area contributed by atoms with Crippen LogP contribution in [0.5, 0.6) is 17.2 Å². The van der Waals surface area contributed by atoms with E-state index >= 15 is 0 Å². The van der Waals surface area contributed by atoms with Gasteiger partial charge in [-0.15, -0.1) is 0 Å². The largest absolute Gasteiger partial charge is 0.492 e. The second kappa shape index (κ2) is 9.14. The number of carbonyl (C=O) groups excluding carboxylic acids is 2. The number of methoxy groups -OCH3 is 2. The van der Waals surface area contributed by atoms with Crippen LogP contribution < -0.4 is 14.2 Å². The van der Waals surface area contributed by atoms with Gasteiger partial charge in [0.2, 0.25) is 12.5 Å². The van der Waals surface area contributed by atoms with Gasteiger partial charge in [0.15, 0.2) is 23.8 Å². The van der Waals surface area contributed by atoms with Crippen LogP contribution in [0.1, 0.15) is 27.0 Å². The van der Waals surface area contributed by atoms with Crippen LogP contribution in [-0.2, 0) is 22.5 Å². The fourth-order valence-corrected chi connectivity index (χ4v) is 4.43. The second-order valence-corrected chi connectivity index (χ2v) is 8.46. The third-order valence-corrected chi connectivity index (χ3v) is 6.15. The number of benzene rings is 2. The predicted molar refractivity (Wildman–Crippen MR) is 121 cm³/mol. The maximum Gasteiger partial charge on any atom is 0.361 e. The van der Waals surface area contributed by atoms with Crippen LogP contribution in [0.15, 0.2) is 30.3 Å². The number of ether oxygens (including phenoxy) is 4. The molecule has 0 aliphatic carbocycles. The van der Waals surface area contributed by atoms with Crippen LogP contribution in [0.25, 0.3) is 6.08 Å². The average Bonchev–Trinajstić information content (AvgIpc) is 3.30. The maximum atomic E-state index is 13.4. The Morgan fingerprint density at radius 2 is 1.85 bits per heavy atom. The number of hydrogen-bond donors (Lipinski definition) is 0. The van der Waals surface area contributed by atoms with Crippen molar-refractivity contribution in [2.75, 3.05) is 41.1 Å². The molecule has 34 heavy (non-hydrogen) atoms. The van der Waals surface area contributed by atoms with E-state index in [2.05, 4.69) is 0 Å². The van der Waals surface area contributed by atoms with Gasteiger partial charge in [-0.05, 0) is 29.3 Å². The van der Waals surface area contributed by atoms with Gasteiger partial charge in [-0.2, -0.15) is 0 Å². The molecule has 0 aromatic heterocycles. The smallest absolute Gasteiger partial charge is 0.361 e. The van der Waals surface area contributed by atoms with Crippen LogP contribution in [-0.4, -0.2) is 62.3 Å². The molecule has 0 fully saturated rings. The van der Waals surface area contributed by atoms with Crippen molar-refractivity contribution in [2.45, 2.75) is 13.0 Å². The topological polar surface area (TPSA) is 114 Å². The molecule has 2 aliphatic rings. The number of quaternary nitrogens is 1. The van der Waals surface area contributed by atoms with Gasteiger partial charge in [-0.1, -0.05) is 6.08 Å².